The topological polar surface area (TPSA) is 27.7 Å². The standard InChI is InChI=1S/C16H33N3O/c1-13(2)18-6-5-15(11-18)9-17-10-16-12-19(14(3)4)7-8-20-16/h13-17H,5-12H2,1-4H3. The van der Waals surface area contributed by atoms with E-state index < -0.39 is 0 Å². The number of morpholine rings is 1. The molecule has 0 aliphatic carbocycles. The van der Waals surface area contributed by atoms with Crippen LogP contribution in [0, 0.1) is 5.92 Å². The Bertz CT molecular complexity index is 283. The molecule has 2 aliphatic rings. The van der Waals surface area contributed by atoms with Crippen LogP contribution in [0.2, 0.25) is 0 Å². The Balaban J connectivity index is 1.61. The molecule has 118 valence electrons. The van der Waals surface area contributed by atoms with Crippen LogP contribution in [0.15, 0.2) is 0 Å². The van der Waals surface area contributed by atoms with E-state index in [0.717, 1.165) is 38.7 Å². The van der Waals surface area contributed by atoms with Crippen LogP contribution in [0.3, 0.4) is 0 Å². The third-order valence-electron chi connectivity index (χ3n) is 4.75. The van der Waals surface area contributed by atoms with Gasteiger partial charge in [0, 0.05) is 38.3 Å². The lowest BCUT2D eigenvalue weighted by molar-refractivity contribution is -0.0373. The summed E-state index contributed by atoms with van der Waals surface area (Å²) in [7, 11) is 0. The second-order valence-corrected chi connectivity index (χ2v) is 6.98. The zero-order valence-corrected chi connectivity index (χ0v) is 13.8. The van der Waals surface area contributed by atoms with Crippen molar-refractivity contribution in [1.82, 2.24) is 15.1 Å². The highest BCUT2D eigenvalue weighted by atomic mass is 16.5. The molecule has 0 aromatic rings. The second-order valence-electron chi connectivity index (χ2n) is 6.98. The fourth-order valence-corrected chi connectivity index (χ4v) is 3.28. The van der Waals surface area contributed by atoms with Gasteiger partial charge in [-0.1, -0.05) is 0 Å². The van der Waals surface area contributed by atoms with Crippen LogP contribution < -0.4 is 5.32 Å². The Morgan fingerprint density at radius 2 is 1.70 bits per heavy atom. The molecule has 2 aliphatic heterocycles. The Hall–Kier alpha value is -0.160. The molecule has 2 unspecified atom stereocenters. The third-order valence-corrected chi connectivity index (χ3v) is 4.75. The average molecular weight is 283 g/mol. The van der Waals surface area contributed by atoms with Crippen molar-refractivity contribution in [2.75, 3.05) is 45.9 Å². The van der Waals surface area contributed by atoms with Crippen molar-refractivity contribution in [3.8, 4) is 0 Å². The van der Waals surface area contributed by atoms with Crippen molar-refractivity contribution in [3.63, 3.8) is 0 Å². The molecule has 0 bridgehead atoms. The Morgan fingerprint density at radius 1 is 1.00 bits per heavy atom. The molecule has 4 heteroatoms. The number of ether oxygens (including phenoxy) is 1. The molecule has 0 spiro atoms. The van der Waals surface area contributed by atoms with E-state index in [9.17, 15) is 0 Å². The minimum Gasteiger partial charge on any atom is -0.374 e. The van der Waals surface area contributed by atoms with Gasteiger partial charge in [0.2, 0.25) is 0 Å². The van der Waals surface area contributed by atoms with Gasteiger partial charge in [0.1, 0.15) is 0 Å². The zero-order valence-electron chi connectivity index (χ0n) is 13.8. The third kappa shape index (κ3) is 4.69. The fourth-order valence-electron chi connectivity index (χ4n) is 3.28. The van der Waals surface area contributed by atoms with Crippen molar-refractivity contribution in [3.05, 3.63) is 0 Å². The van der Waals surface area contributed by atoms with Crippen LogP contribution in [0.5, 0.6) is 0 Å². The lowest BCUT2D eigenvalue weighted by Crippen LogP contribution is -2.49. The highest BCUT2D eigenvalue weighted by Gasteiger charge is 2.25. The van der Waals surface area contributed by atoms with E-state index in [1.807, 2.05) is 0 Å². The van der Waals surface area contributed by atoms with Crippen molar-refractivity contribution in [2.24, 2.45) is 5.92 Å². The highest BCUT2D eigenvalue weighted by Crippen LogP contribution is 2.17. The molecule has 20 heavy (non-hydrogen) atoms. The first-order valence-electron chi connectivity index (χ1n) is 8.36. The largest absolute Gasteiger partial charge is 0.374 e. The van der Waals surface area contributed by atoms with Crippen LogP contribution in [-0.4, -0.2) is 73.9 Å². The first kappa shape index (κ1) is 16.2. The van der Waals surface area contributed by atoms with Gasteiger partial charge >= 0.3 is 0 Å². The maximum absolute atomic E-state index is 5.87. The highest BCUT2D eigenvalue weighted by molar-refractivity contribution is 4.81. The summed E-state index contributed by atoms with van der Waals surface area (Å²) >= 11 is 0. The van der Waals surface area contributed by atoms with E-state index in [2.05, 4.69) is 42.8 Å². The van der Waals surface area contributed by atoms with Gasteiger partial charge < -0.3 is 15.0 Å². The monoisotopic (exact) mass is 283 g/mol. The predicted molar refractivity (Wildman–Crippen MR) is 84.1 cm³/mol. The summed E-state index contributed by atoms with van der Waals surface area (Å²) in [6.07, 6.45) is 1.71. The Morgan fingerprint density at radius 3 is 2.35 bits per heavy atom. The molecule has 2 saturated heterocycles. The van der Waals surface area contributed by atoms with E-state index in [0.29, 0.717) is 18.2 Å². The first-order chi connectivity index (χ1) is 9.56. The quantitative estimate of drug-likeness (QED) is 0.798. The van der Waals surface area contributed by atoms with Gasteiger partial charge in [0.25, 0.3) is 0 Å². The molecule has 4 nitrogen and oxygen atoms in total. The van der Waals surface area contributed by atoms with Crippen LogP contribution in [-0.2, 0) is 4.74 Å². The van der Waals surface area contributed by atoms with Gasteiger partial charge in [0.05, 0.1) is 12.7 Å². The molecule has 0 aromatic heterocycles. The number of rotatable bonds is 6. The molecule has 2 heterocycles. The number of nitrogens with one attached hydrogen (secondary N) is 1. The van der Waals surface area contributed by atoms with E-state index in [-0.39, 0.29) is 0 Å². The average Bonchev–Trinajstić information content (AvgIpc) is 2.88. The van der Waals surface area contributed by atoms with E-state index >= 15 is 0 Å². The molecule has 0 radical (unpaired) electrons. The van der Waals surface area contributed by atoms with Gasteiger partial charge in [-0.2, -0.15) is 0 Å². The fraction of sp³-hybridized carbons (Fsp3) is 1.00. The summed E-state index contributed by atoms with van der Waals surface area (Å²) in [5, 5.41) is 3.64. The van der Waals surface area contributed by atoms with Crippen molar-refractivity contribution >= 4 is 0 Å². The Labute approximate surface area is 124 Å². The maximum Gasteiger partial charge on any atom is 0.0826 e. The number of hydrogen-bond donors (Lipinski definition) is 1. The summed E-state index contributed by atoms with van der Waals surface area (Å²) in [4.78, 5) is 5.11. The SMILES string of the molecule is CC(C)N1CCC(CNCC2CN(C(C)C)CCO2)C1. The molecule has 0 aromatic carbocycles. The first-order valence-corrected chi connectivity index (χ1v) is 8.36. The van der Waals surface area contributed by atoms with Gasteiger partial charge in [-0.15, -0.1) is 0 Å². The van der Waals surface area contributed by atoms with Crippen molar-refractivity contribution in [1.29, 1.82) is 0 Å². The summed E-state index contributed by atoms with van der Waals surface area (Å²) < 4.78 is 5.87. The lowest BCUT2D eigenvalue weighted by Gasteiger charge is -2.35. The lowest BCUT2D eigenvalue weighted by atomic mass is 10.1. The predicted octanol–water partition coefficient (Wildman–Crippen LogP) is 1.42. The van der Waals surface area contributed by atoms with Crippen LogP contribution in [0.4, 0.5) is 0 Å². The van der Waals surface area contributed by atoms with E-state index in [1.54, 1.807) is 0 Å². The molecule has 2 rings (SSSR count). The second kappa shape index (κ2) is 7.74. The molecular formula is C16H33N3O. The molecule has 1 N–H and O–H groups in total. The Kier molecular flexibility index (Phi) is 6.27. The minimum atomic E-state index is 0.369. The number of hydrogen-bond acceptors (Lipinski definition) is 4. The smallest absolute Gasteiger partial charge is 0.0826 e. The van der Waals surface area contributed by atoms with Crippen molar-refractivity contribution in [2.45, 2.75) is 52.3 Å². The molecular weight excluding hydrogens is 250 g/mol. The summed E-state index contributed by atoms with van der Waals surface area (Å²) in [6.45, 7) is 16.9. The summed E-state index contributed by atoms with van der Waals surface area (Å²) in [5.74, 6) is 0.821. The number of likely N-dealkylation sites (tertiary alicyclic amines) is 1. The van der Waals surface area contributed by atoms with Crippen molar-refractivity contribution < 1.29 is 4.74 Å². The molecule has 0 saturated carbocycles. The summed E-state index contributed by atoms with van der Waals surface area (Å²) in [6, 6.07) is 1.33. The number of nitrogens with zero attached hydrogens (tertiary/aromatic N) is 2. The summed E-state index contributed by atoms with van der Waals surface area (Å²) in [5.41, 5.74) is 0. The van der Waals surface area contributed by atoms with Gasteiger partial charge in [0.15, 0.2) is 0 Å². The van der Waals surface area contributed by atoms with Crippen LogP contribution >= 0.6 is 0 Å². The maximum atomic E-state index is 5.87. The van der Waals surface area contributed by atoms with Crippen LogP contribution in [0.1, 0.15) is 34.1 Å². The molecule has 0 amide bonds. The minimum absolute atomic E-state index is 0.369. The van der Waals surface area contributed by atoms with Crippen LogP contribution in [0.25, 0.3) is 0 Å². The van der Waals surface area contributed by atoms with Gasteiger partial charge in [-0.05, 0) is 53.1 Å². The van der Waals surface area contributed by atoms with Gasteiger partial charge in [-0.3, -0.25) is 4.90 Å². The molecule has 2 fully saturated rings. The van der Waals surface area contributed by atoms with Gasteiger partial charge in [-0.25, -0.2) is 0 Å². The van der Waals surface area contributed by atoms with E-state index in [4.69, 9.17) is 4.74 Å². The normalized spacial score (nSPS) is 29.7. The zero-order chi connectivity index (χ0) is 14.5. The van der Waals surface area contributed by atoms with E-state index in [1.165, 1.54) is 19.5 Å². The molecule has 2 atom stereocenters.